The van der Waals surface area contributed by atoms with E-state index in [1.54, 1.807) is 12.1 Å². The summed E-state index contributed by atoms with van der Waals surface area (Å²) in [5.41, 5.74) is 5.02. The maximum absolute atomic E-state index is 11.9. The van der Waals surface area contributed by atoms with Gasteiger partial charge in [-0.05, 0) is 28.1 Å². The highest BCUT2D eigenvalue weighted by atomic mass is 79.9. The average Bonchev–Trinajstić information content (AvgIpc) is 2.31. The molecule has 0 spiro atoms. The number of carbonyl (C=O) groups excluding carboxylic acids is 2. The zero-order valence-corrected chi connectivity index (χ0v) is 11.9. The normalized spacial score (nSPS) is 11.7. The quantitative estimate of drug-likeness (QED) is 0.741. The Labute approximate surface area is 122 Å². The number of benzene rings is 1. The van der Waals surface area contributed by atoms with Crippen molar-refractivity contribution in [3.63, 3.8) is 0 Å². The summed E-state index contributed by atoms with van der Waals surface area (Å²) in [7, 11) is 0. The number of halogens is 2. The Kier molecular flexibility index (Phi) is 5.31. The molecule has 0 fully saturated rings. The zero-order chi connectivity index (χ0) is 14.6. The van der Waals surface area contributed by atoms with E-state index in [1.165, 1.54) is 6.07 Å². The van der Waals surface area contributed by atoms with Gasteiger partial charge in [-0.3, -0.25) is 9.59 Å². The highest BCUT2D eigenvalue weighted by molar-refractivity contribution is 9.10. The molecule has 1 aromatic rings. The second kappa shape index (κ2) is 6.53. The van der Waals surface area contributed by atoms with Gasteiger partial charge in [-0.15, -0.1) is 0 Å². The van der Waals surface area contributed by atoms with Gasteiger partial charge in [-0.2, -0.15) is 0 Å². The molecule has 0 bridgehead atoms. The van der Waals surface area contributed by atoms with Gasteiger partial charge >= 0.3 is 5.97 Å². The molecule has 0 radical (unpaired) electrons. The molecule has 2 amide bonds. The molecule has 0 aromatic heterocycles. The minimum absolute atomic E-state index is 0.103. The lowest BCUT2D eigenvalue weighted by Gasteiger charge is -2.13. The number of nitrogens with one attached hydrogen (secondary N) is 1. The molecule has 0 saturated carbocycles. The smallest absolute Gasteiger partial charge is 0.326 e. The van der Waals surface area contributed by atoms with Gasteiger partial charge in [-0.1, -0.05) is 17.7 Å². The maximum Gasteiger partial charge on any atom is 0.326 e. The Morgan fingerprint density at radius 2 is 2.05 bits per heavy atom. The lowest BCUT2D eigenvalue weighted by molar-refractivity contribution is -0.140. The number of amides is 2. The standard InChI is InChI=1S/C11H10BrClN2O4/c12-6-3-1-2-5(9(6)13)10(17)15-7(11(18)19)4-8(14)16/h1-3,7H,4H2,(H2,14,16)(H,15,17)(H,18,19)/t7-/m1/s1. The number of carboxylic acids is 1. The summed E-state index contributed by atoms with van der Waals surface area (Å²) >= 11 is 9.06. The maximum atomic E-state index is 11.9. The molecule has 4 N–H and O–H groups in total. The Balaban J connectivity index is 2.91. The third-order valence-corrected chi connectivity index (χ3v) is 3.50. The fourth-order valence-electron chi connectivity index (χ4n) is 1.32. The van der Waals surface area contributed by atoms with Gasteiger partial charge in [0.2, 0.25) is 5.91 Å². The number of carboxylic acid groups (broad SMARTS) is 1. The Bertz CT molecular complexity index is 535. The summed E-state index contributed by atoms with van der Waals surface area (Å²) in [6.07, 6.45) is -0.493. The molecule has 102 valence electrons. The van der Waals surface area contributed by atoms with E-state index >= 15 is 0 Å². The van der Waals surface area contributed by atoms with Crippen LogP contribution in [0.1, 0.15) is 16.8 Å². The summed E-state index contributed by atoms with van der Waals surface area (Å²) in [5, 5.41) is 11.2. The first-order valence-electron chi connectivity index (χ1n) is 5.09. The molecule has 0 aliphatic carbocycles. The molecule has 0 heterocycles. The second-order valence-electron chi connectivity index (χ2n) is 3.64. The monoisotopic (exact) mass is 348 g/mol. The predicted molar refractivity (Wildman–Crippen MR) is 71.9 cm³/mol. The molecule has 6 nitrogen and oxygen atoms in total. The van der Waals surface area contributed by atoms with E-state index in [-0.39, 0.29) is 10.6 Å². The van der Waals surface area contributed by atoms with Crippen molar-refractivity contribution in [3.8, 4) is 0 Å². The third kappa shape index (κ3) is 4.22. The van der Waals surface area contributed by atoms with Gasteiger partial charge in [0.05, 0.1) is 17.0 Å². The van der Waals surface area contributed by atoms with E-state index in [9.17, 15) is 14.4 Å². The molecular weight excluding hydrogens is 339 g/mol. The number of aliphatic carboxylic acids is 1. The number of primary amides is 1. The SMILES string of the molecule is NC(=O)C[C@@H](NC(=O)c1cccc(Br)c1Cl)C(=O)O. The summed E-state index contributed by atoms with van der Waals surface area (Å²) < 4.78 is 0.503. The number of hydrogen-bond acceptors (Lipinski definition) is 3. The van der Waals surface area contributed by atoms with Crippen LogP contribution in [0.5, 0.6) is 0 Å². The van der Waals surface area contributed by atoms with Crippen LogP contribution in [0.4, 0.5) is 0 Å². The minimum atomic E-state index is -1.39. The summed E-state index contributed by atoms with van der Waals surface area (Å²) in [6.45, 7) is 0. The van der Waals surface area contributed by atoms with Crippen molar-refractivity contribution in [1.82, 2.24) is 5.32 Å². The fraction of sp³-hybridized carbons (Fsp3) is 0.182. The van der Waals surface area contributed by atoms with E-state index in [0.29, 0.717) is 4.47 Å². The van der Waals surface area contributed by atoms with Crippen molar-refractivity contribution in [3.05, 3.63) is 33.3 Å². The van der Waals surface area contributed by atoms with Crippen molar-refractivity contribution in [2.75, 3.05) is 0 Å². The highest BCUT2D eigenvalue weighted by Gasteiger charge is 2.23. The van der Waals surface area contributed by atoms with Crippen LogP contribution in [0.15, 0.2) is 22.7 Å². The second-order valence-corrected chi connectivity index (χ2v) is 4.87. The van der Waals surface area contributed by atoms with E-state index in [0.717, 1.165) is 0 Å². The molecule has 1 rings (SSSR count). The molecule has 0 aliphatic rings. The van der Waals surface area contributed by atoms with Crippen molar-refractivity contribution >= 4 is 45.3 Å². The Morgan fingerprint density at radius 3 is 2.58 bits per heavy atom. The van der Waals surface area contributed by atoms with Crippen molar-refractivity contribution in [2.24, 2.45) is 5.73 Å². The number of rotatable bonds is 5. The Morgan fingerprint density at radius 1 is 1.42 bits per heavy atom. The summed E-state index contributed by atoms with van der Waals surface area (Å²) in [5.74, 6) is -2.87. The van der Waals surface area contributed by atoms with Gasteiger partial charge in [0.25, 0.3) is 5.91 Å². The van der Waals surface area contributed by atoms with Crippen LogP contribution in [0.3, 0.4) is 0 Å². The molecule has 8 heteroatoms. The zero-order valence-electron chi connectivity index (χ0n) is 9.52. The summed E-state index contributed by atoms with van der Waals surface area (Å²) in [4.78, 5) is 33.5. The van der Waals surface area contributed by atoms with Crippen LogP contribution in [-0.4, -0.2) is 28.9 Å². The van der Waals surface area contributed by atoms with Crippen LogP contribution in [-0.2, 0) is 9.59 Å². The first-order chi connectivity index (χ1) is 8.82. The van der Waals surface area contributed by atoms with Crippen molar-refractivity contribution in [1.29, 1.82) is 0 Å². The van der Waals surface area contributed by atoms with Crippen LogP contribution in [0.2, 0.25) is 5.02 Å². The molecular formula is C11H10BrClN2O4. The molecule has 0 saturated heterocycles. The molecule has 1 aromatic carbocycles. The minimum Gasteiger partial charge on any atom is -0.480 e. The van der Waals surface area contributed by atoms with Crippen molar-refractivity contribution in [2.45, 2.75) is 12.5 Å². The van der Waals surface area contributed by atoms with E-state index in [2.05, 4.69) is 21.2 Å². The fourth-order valence-corrected chi connectivity index (χ4v) is 1.89. The first kappa shape index (κ1) is 15.5. The first-order valence-corrected chi connectivity index (χ1v) is 6.26. The molecule has 1 atom stereocenters. The van der Waals surface area contributed by atoms with Gasteiger partial charge in [0.1, 0.15) is 6.04 Å². The molecule has 0 unspecified atom stereocenters. The van der Waals surface area contributed by atoms with Crippen LogP contribution in [0, 0.1) is 0 Å². The largest absolute Gasteiger partial charge is 0.480 e. The average molecular weight is 350 g/mol. The predicted octanol–water partition coefficient (Wildman–Crippen LogP) is 1.16. The molecule has 19 heavy (non-hydrogen) atoms. The topological polar surface area (TPSA) is 109 Å². The van der Waals surface area contributed by atoms with E-state index in [1.807, 2.05) is 0 Å². The van der Waals surface area contributed by atoms with Crippen LogP contribution >= 0.6 is 27.5 Å². The number of nitrogens with two attached hydrogens (primary N) is 1. The molecule has 0 aliphatic heterocycles. The van der Waals surface area contributed by atoms with Crippen molar-refractivity contribution < 1.29 is 19.5 Å². The number of carbonyl (C=O) groups is 3. The van der Waals surface area contributed by atoms with Gasteiger partial charge < -0.3 is 16.2 Å². The highest BCUT2D eigenvalue weighted by Crippen LogP contribution is 2.25. The lowest BCUT2D eigenvalue weighted by Crippen LogP contribution is -2.43. The van der Waals surface area contributed by atoms with E-state index < -0.39 is 30.2 Å². The summed E-state index contributed by atoms with van der Waals surface area (Å²) in [6, 6.07) is 3.26. The van der Waals surface area contributed by atoms with E-state index in [4.69, 9.17) is 22.4 Å². The lowest BCUT2D eigenvalue weighted by atomic mass is 10.1. The van der Waals surface area contributed by atoms with Gasteiger partial charge in [0, 0.05) is 4.47 Å². The number of hydrogen-bond donors (Lipinski definition) is 3. The Hall–Kier alpha value is -1.60. The van der Waals surface area contributed by atoms with Gasteiger partial charge in [0.15, 0.2) is 0 Å². The van der Waals surface area contributed by atoms with Crippen LogP contribution in [0.25, 0.3) is 0 Å². The van der Waals surface area contributed by atoms with Crippen LogP contribution < -0.4 is 11.1 Å². The van der Waals surface area contributed by atoms with Gasteiger partial charge in [-0.25, -0.2) is 4.79 Å². The third-order valence-electron chi connectivity index (χ3n) is 2.20.